The molecule has 3 rings (SSSR count). The summed E-state index contributed by atoms with van der Waals surface area (Å²) in [7, 11) is 0. The molecule has 1 aliphatic rings. The molecule has 1 heterocycles. The van der Waals surface area contributed by atoms with Gasteiger partial charge in [-0.05, 0) is 30.3 Å². The van der Waals surface area contributed by atoms with Gasteiger partial charge in [-0.15, -0.1) is 11.8 Å². The number of rotatable bonds is 7. The van der Waals surface area contributed by atoms with Gasteiger partial charge in [0.05, 0.1) is 11.3 Å². The van der Waals surface area contributed by atoms with E-state index in [9.17, 15) is 19.2 Å². The van der Waals surface area contributed by atoms with Gasteiger partial charge in [0.1, 0.15) is 0 Å². The smallest absolute Gasteiger partial charge is 0.339 e. The predicted molar refractivity (Wildman–Crippen MR) is 118 cm³/mol. The van der Waals surface area contributed by atoms with Crippen LogP contribution in [0, 0.1) is 0 Å². The molecule has 2 aromatic carbocycles. The fraction of sp³-hybridized carbons (Fsp3) is 0.200. The summed E-state index contributed by atoms with van der Waals surface area (Å²) in [6.45, 7) is 0.0390. The Kier molecular flexibility index (Phi) is 7.78. The maximum Gasteiger partial charge on any atom is 0.339 e. The normalized spacial score (nSPS) is 13.0. The second-order valence-corrected chi connectivity index (χ2v) is 8.23. The number of carbonyl (C=O) groups is 4. The Labute approximate surface area is 192 Å². The summed E-state index contributed by atoms with van der Waals surface area (Å²) in [5.41, 5.74) is 0.671. The summed E-state index contributed by atoms with van der Waals surface area (Å²) in [6, 6.07) is 10.7. The monoisotopic (exact) mass is 481 g/mol. The Hall–Kier alpha value is -2.75. The first-order chi connectivity index (χ1) is 14.8. The van der Waals surface area contributed by atoms with Gasteiger partial charge in [-0.2, -0.15) is 0 Å². The van der Waals surface area contributed by atoms with Crippen molar-refractivity contribution >= 4 is 64.5 Å². The van der Waals surface area contributed by atoms with Crippen LogP contribution in [-0.2, 0) is 14.3 Å². The van der Waals surface area contributed by atoms with Crippen LogP contribution >= 0.6 is 35.0 Å². The molecule has 0 atom stereocenters. The highest BCUT2D eigenvalue weighted by molar-refractivity contribution is 8.00. The van der Waals surface area contributed by atoms with Crippen LogP contribution in [0.5, 0.6) is 0 Å². The molecule has 1 aliphatic heterocycles. The molecule has 0 unspecified atom stereocenters. The van der Waals surface area contributed by atoms with Gasteiger partial charge in [-0.1, -0.05) is 35.3 Å². The Bertz CT molecular complexity index is 1010. The lowest BCUT2D eigenvalue weighted by molar-refractivity contribution is -0.130. The van der Waals surface area contributed by atoms with Gasteiger partial charge in [0, 0.05) is 33.7 Å². The third kappa shape index (κ3) is 6.36. The zero-order valence-electron chi connectivity index (χ0n) is 16.0. The van der Waals surface area contributed by atoms with E-state index in [0.717, 1.165) is 16.7 Å². The SMILES string of the molecule is O=C(CSc1ccccc1C(=O)OCC(=O)N1CCNC1=O)Nc1cc(Cl)cc(Cl)c1. The van der Waals surface area contributed by atoms with Crippen molar-refractivity contribution in [2.45, 2.75) is 4.90 Å². The number of imide groups is 1. The molecule has 11 heteroatoms. The van der Waals surface area contributed by atoms with Crippen molar-refractivity contribution in [3.8, 4) is 0 Å². The molecule has 0 aliphatic carbocycles. The number of ether oxygens (including phenoxy) is 1. The topological polar surface area (TPSA) is 105 Å². The number of halogens is 2. The van der Waals surface area contributed by atoms with Gasteiger partial charge in [-0.3, -0.25) is 14.5 Å². The van der Waals surface area contributed by atoms with Gasteiger partial charge in [-0.25, -0.2) is 9.59 Å². The van der Waals surface area contributed by atoms with Crippen molar-refractivity contribution in [1.29, 1.82) is 0 Å². The molecular weight excluding hydrogens is 465 g/mol. The molecule has 4 amide bonds. The number of urea groups is 1. The van der Waals surface area contributed by atoms with Crippen molar-refractivity contribution in [2.24, 2.45) is 0 Å². The fourth-order valence-electron chi connectivity index (χ4n) is 2.72. The van der Waals surface area contributed by atoms with Crippen LogP contribution in [0.4, 0.5) is 10.5 Å². The Morgan fingerprint density at radius 2 is 1.84 bits per heavy atom. The summed E-state index contributed by atoms with van der Waals surface area (Å²) in [6.07, 6.45) is 0. The molecular formula is C20H17Cl2N3O5S. The minimum atomic E-state index is -0.724. The number of nitrogens with one attached hydrogen (secondary N) is 2. The molecule has 0 radical (unpaired) electrons. The third-order valence-corrected chi connectivity index (χ3v) is 5.61. The van der Waals surface area contributed by atoms with E-state index in [1.807, 2.05) is 0 Å². The van der Waals surface area contributed by atoms with Crippen LogP contribution in [0.25, 0.3) is 0 Å². The highest BCUT2D eigenvalue weighted by Gasteiger charge is 2.27. The second kappa shape index (κ2) is 10.5. The maximum atomic E-state index is 12.4. The van der Waals surface area contributed by atoms with Gasteiger partial charge in [0.15, 0.2) is 6.61 Å². The van der Waals surface area contributed by atoms with Crippen LogP contribution in [0.3, 0.4) is 0 Å². The molecule has 2 N–H and O–H groups in total. The van der Waals surface area contributed by atoms with E-state index < -0.39 is 24.5 Å². The molecule has 2 aromatic rings. The third-order valence-electron chi connectivity index (χ3n) is 4.10. The average Bonchev–Trinajstić information content (AvgIpc) is 3.15. The van der Waals surface area contributed by atoms with Gasteiger partial charge in [0.25, 0.3) is 5.91 Å². The van der Waals surface area contributed by atoms with Gasteiger partial charge >= 0.3 is 12.0 Å². The van der Waals surface area contributed by atoms with Crippen molar-refractivity contribution in [3.63, 3.8) is 0 Å². The largest absolute Gasteiger partial charge is 0.452 e. The first-order valence-corrected chi connectivity index (χ1v) is 10.8. The fourth-order valence-corrected chi connectivity index (χ4v) is 4.09. The number of carbonyl (C=O) groups excluding carboxylic acids is 4. The number of benzene rings is 2. The van der Waals surface area contributed by atoms with Gasteiger partial charge in [0.2, 0.25) is 5.91 Å². The first kappa shape index (κ1) is 22.9. The summed E-state index contributed by atoms with van der Waals surface area (Å²) in [4.78, 5) is 49.7. The number of hydrogen-bond acceptors (Lipinski definition) is 6. The number of hydrogen-bond donors (Lipinski definition) is 2. The highest BCUT2D eigenvalue weighted by Crippen LogP contribution is 2.25. The number of nitrogens with zero attached hydrogens (tertiary/aromatic N) is 1. The minimum Gasteiger partial charge on any atom is -0.452 e. The van der Waals surface area contributed by atoms with E-state index in [1.165, 1.54) is 6.07 Å². The van der Waals surface area contributed by atoms with E-state index in [0.29, 0.717) is 27.2 Å². The minimum absolute atomic E-state index is 0.0152. The first-order valence-electron chi connectivity index (χ1n) is 9.06. The van der Waals surface area contributed by atoms with E-state index in [4.69, 9.17) is 27.9 Å². The molecule has 31 heavy (non-hydrogen) atoms. The lowest BCUT2D eigenvalue weighted by Gasteiger charge is -2.13. The standard InChI is InChI=1S/C20H17Cl2N3O5S/c21-12-7-13(22)9-14(8-12)24-17(26)11-31-16-4-2-1-3-15(16)19(28)30-10-18(27)25-6-5-23-20(25)29/h1-4,7-9H,5-6,10-11H2,(H,23,29)(H,24,26). The lowest BCUT2D eigenvalue weighted by atomic mass is 10.2. The zero-order chi connectivity index (χ0) is 22.4. The summed E-state index contributed by atoms with van der Waals surface area (Å²) < 4.78 is 5.07. The van der Waals surface area contributed by atoms with Crippen LogP contribution in [-0.4, -0.2) is 54.2 Å². The quantitative estimate of drug-likeness (QED) is 0.463. The Morgan fingerprint density at radius 3 is 2.52 bits per heavy atom. The molecule has 0 aromatic heterocycles. The summed E-state index contributed by atoms with van der Waals surface area (Å²) >= 11 is 13.0. The molecule has 1 saturated heterocycles. The van der Waals surface area contributed by atoms with Crippen molar-refractivity contribution in [3.05, 3.63) is 58.1 Å². The lowest BCUT2D eigenvalue weighted by Crippen LogP contribution is -2.37. The number of anilines is 1. The number of amides is 4. The molecule has 0 saturated carbocycles. The molecule has 162 valence electrons. The van der Waals surface area contributed by atoms with Crippen LogP contribution < -0.4 is 10.6 Å². The maximum absolute atomic E-state index is 12.4. The van der Waals surface area contributed by atoms with Gasteiger partial charge < -0.3 is 15.4 Å². The van der Waals surface area contributed by atoms with E-state index in [-0.39, 0.29) is 23.8 Å². The highest BCUT2D eigenvalue weighted by atomic mass is 35.5. The number of thioether (sulfide) groups is 1. The van der Waals surface area contributed by atoms with Crippen LogP contribution in [0.15, 0.2) is 47.4 Å². The van der Waals surface area contributed by atoms with E-state index >= 15 is 0 Å². The Morgan fingerprint density at radius 1 is 1.13 bits per heavy atom. The summed E-state index contributed by atoms with van der Waals surface area (Å²) in [5.74, 6) is -1.63. The van der Waals surface area contributed by atoms with E-state index in [1.54, 1.807) is 36.4 Å². The second-order valence-electron chi connectivity index (χ2n) is 6.34. The predicted octanol–water partition coefficient (Wildman–Crippen LogP) is 3.43. The summed E-state index contributed by atoms with van der Waals surface area (Å²) in [5, 5.41) is 5.97. The number of esters is 1. The molecule has 0 bridgehead atoms. The average molecular weight is 482 g/mol. The molecule has 8 nitrogen and oxygen atoms in total. The molecule has 0 spiro atoms. The van der Waals surface area contributed by atoms with Crippen molar-refractivity contribution in [1.82, 2.24) is 10.2 Å². The van der Waals surface area contributed by atoms with E-state index in [2.05, 4.69) is 10.6 Å². The van der Waals surface area contributed by atoms with Crippen LogP contribution in [0.2, 0.25) is 10.0 Å². The van der Waals surface area contributed by atoms with Crippen molar-refractivity contribution < 1.29 is 23.9 Å². The van der Waals surface area contributed by atoms with Crippen molar-refractivity contribution in [2.75, 3.05) is 30.8 Å². The van der Waals surface area contributed by atoms with Crippen LogP contribution in [0.1, 0.15) is 10.4 Å². The molecule has 1 fully saturated rings. The zero-order valence-corrected chi connectivity index (χ0v) is 18.4. The Balaban J connectivity index is 1.56.